The monoisotopic (exact) mass is 389 g/mol. The number of ether oxygens (including phenoxy) is 2. The van der Waals surface area contributed by atoms with Gasteiger partial charge in [-0.3, -0.25) is 4.98 Å². The second-order valence-corrected chi connectivity index (χ2v) is 7.89. The highest BCUT2D eigenvalue weighted by atomic mass is 16.6. The number of fused-ring (bicyclic) bond motifs is 4. The number of anilines is 1. The van der Waals surface area contributed by atoms with Crippen molar-refractivity contribution in [3.63, 3.8) is 0 Å². The number of rotatable bonds is 6. The Kier molecular flexibility index (Phi) is 4.98. The van der Waals surface area contributed by atoms with Crippen LogP contribution in [0.5, 0.6) is 11.5 Å². The Bertz CT molecular complexity index is 1020. The van der Waals surface area contributed by atoms with E-state index < -0.39 is 0 Å². The van der Waals surface area contributed by atoms with E-state index >= 15 is 0 Å². The molecule has 1 atom stereocenters. The Morgan fingerprint density at radius 1 is 1.14 bits per heavy atom. The Hall–Kier alpha value is -2.79. The maximum atomic E-state index is 6.27. The van der Waals surface area contributed by atoms with Crippen molar-refractivity contribution in [2.24, 2.45) is 0 Å². The smallest absolute Gasteiger partial charge is 0.171 e. The van der Waals surface area contributed by atoms with Crippen molar-refractivity contribution in [2.45, 2.75) is 25.9 Å². The summed E-state index contributed by atoms with van der Waals surface area (Å²) in [7, 11) is 0. The van der Waals surface area contributed by atoms with E-state index in [1.807, 2.05) is 25.1 Å². The third-order valence-electron chi connectivity index (χ3n) is 5.77. The Morgan fingerprint density at radius 3 is 3.03 bits per heavy atom. The first-order chi connectivity index (χ1) is 14.3. The fraction of sp³-hybridized carbons (Fsp3) is 0.375. The van der Waals surface area contributed by atoms with Crippen LogP contribution in [-0.4, -0.2) is 43.9 Å². The van der Waals surface area contributed by atoms with Crippen LogP contribution in [0.4, 0.5) is 5.69 Å². The van der Waals surface area contributed by atoms with Gasteiger partial charge in [-0.15, -0.1) is 0 Å². The molecule has 0 aliphatic carbocycles. The lowest BCUT2D eigenvalue weighted by atomic mass is 10.1. The van der Waals surface area contributed by atoms with Crippen molar-refractivity contribution < 1.29 is 9.47 Å². The molecule has 3 heterocycles. The van der Waals surface area contributed by atoms with Crippen LogP contribution >= 0.6 is 0 Å². The van der Waals surface area contributed by atoms with Crippen LogP contribution < -0.4 is 19.7 Å². The highest BCUT2D eigenvalue weighted by Crippen LogP contribution is 2.38. The van der Waals surface area contributed by atoms with Gasteiger partial charge in [-0.25, -0.2) is 0 Å². The molecule has 0 fully saturated rings. The van der Waals surface area contributed by atoms with E-state index in [4.69, 9.17) is 9.47 Å². The second kappa shape index (κ2) is 7.91. The molecule has 3 aromatic rings. The summed E-state index contributed by atoms with van der Waals surface area (Å²) in [6, 6.07) is 16.8. The van der Waals surface area contributed by atoms with E-state index in [1.54, 1.807) is 0 Å². The number of aryl methyl sites for hydroxylation is 1. The van der Waals surface area contributed by atoms with Gasteiger partial charge in [-0.1, -0.05) is 18.2 Å². The summed E-state index contributed by atoms with van der Waals surface area (Å²) < 4.78 is 12.2. The van der Waals surface area contributed by atoms with E-state index in [9.17, 15) is 0 Å². The summed E-state index contributed by atoms with van der Waals surface area (Å²) in [5, 5.41) is 4.56. The number of aromatic nitrogens is 1. The second-order valence-electron chi connectivity index (χ2n) is 7.89. The molecule has 150 valence electrons. The van der Waals surface area contributed by atoms with Crippen LogP contribution in [0.2, 0.25) is 0 Å². The van der Waals surface area contributed by atoms with E-state index in [0.717, 1.165) is 60.7 Å². The number of para-hydroxylation sites is 1. The lowest BCUT2D eigenvalue weighted by Crippen LogP contribution is -2.39. The summed E-state index contributed by atoms with van der Waals surface area (Å²) >= 11 is 0. The van der Waals surface area contributed by atoms with E-state index in [2.05, 4.69) is 45.5 Å². The molecule has 5 rings (SSSR count). The van der Waals surface area contributed by atoms with Crippen LogP contribution in [0, 0.1) is 6.92 Å². The molecule has 0 amide bonds. The normalized spacial score (nSPS) is 17.6. The van der Waals surface area contributed by atoms with Crippen molar-refractivity contribution in [2.75, 3.05) is 37.7 Å². The SMILES string of the molecule is Cc1ccc2c3c(ccc2n1)OC[C@H](CNCCCN1CCc2ccccc21)O3. The number of benzene rings is 2. The highest BCUT2D eigenvalue weighted by Gasteiger charge is 2.23. The Balaban J connectivity index is 1.13. The molecular weight excluding hydrogens is 362 g/mol. The molecule has 5 nitrogen and oxygen atoms in total. The summed E-state index contributed by atoms with van der Waals surface area (Å²) in [5.41, 5.74) is 4.84. The molecule has 0 spiro atoms. The Morgan fingerprint density at radius 2 is 2.07 bits per heavy atom. The maximum absolute atomic E-state index is 6.27. The maximum Gasteiger partial charge on any atom is 0.171 e. The van der Waals surface area contributed by atoms with Crippen molar-refractivity contribution in [3.05, 3.63) is 59.8 Å². The van der Waals surface area contributed by atoms with E-state index in [-0.39, 0.29) is 6.10 Å². The third-order valence-corrected chi connectivity index (χ3v) is 5.77. The highest BCUT2D eigenvalue weighted by molar-refractivity contribution is 5.88. The molecule has 0 saturated carbocycles. The van der Waals surface area contributed by atoms with Crippen molar-refractivity contribution in [1.82, 2.24) is 10.3 Å². The number of nitrogens with one attached hydrogen (secondary N) is 1. The van der Waals surface area contributed by atoms with Crippen LogP contribution in [0.15, 0.2) is 48.5 Å². The van der Waals surface area contributed by atoms with Gasteiger partial charge >= 0.3 is 0 Å². The van der Waals surface area contributed by atoms with Gasteiger partial charge < -0.3 is 19.7 Å². The molecule has 2 aliphatic rings. The zero-order valence-electron chi connectivity index (χ0n) is 16.9. The van der Waals surface area contributed by atoms with Gasteiger partial charge in [0.1, 0.15) is 12.7 Å². The topological polar surface area (TPSA) is 46.6 Å². The fourth-order valence-corrected chi connectivity index (χ4v) is 4.27. The average Bonchev–Trinajstić information content (AvgIpc) is 3.16. The molecule has 5 heteroatoms. The zero-order chi connectivity index (χ0) is 19.6. The molecule has 2 aromatic carbocycles. The van der Waals surface area contributed by atoms with Crippen molar-refractivity contribution in [1.29, 1.82) is 0 Å². The van der Waals surface area contributed by atoms with Crippen LogP contribution in [0.1, 0.15) is 17.7 Å². The predicted molar refractivity (Wildman–Crippen MR) is 116 cm³/mol. The van der Waals surface area contributed by atoms with Crippen LogP contribution in [0.3, 0.4) is 0 Å². The summed E-state index contributed by atoms with van der Waals surface area (Å²) in [4.78, 5) is 7.09. The lowest BCUT2D eigenvalue weighted by molar-refractivity contribution is 0.0925. The molecule has 2 aliphatic heterocycles. The van der Waals surface area contributed by atoms with Crippen LogP contribution in [0.25, 0.3) is 10.9 Å². The number of nitrogens with zero attached hydrogens (tertiary/aromatic N) is 2. The molecule has 0 bridgehead atoms. The van der Waals surface area contributed by atoms with E-state index in [1.165, 1.54) is 17.7 Å². The van der Waals surface area contributed by atoms with Gasteiger partial charge in [-0.05, 0) is 62.2 Å². The van der Waals surface area contributed by atoms with Crippen molar-refractivity contribution in [3.8, 4) is 11.5 Å². The molecule has 1 aromatic heterocycles. The van der Waals surface area contributed by atoms with Gasteiger partial charge in [0.25, 0.3) is 0 Å². The van der Waals surface area contributed by atoms with Gasteiger partial charge in [-0.2, -0.15) is 0 Å². The number of hydrogen-bond donors (Lipinski definition) is 1. The summed E-state index contributed by atoms with van der Waals surface area (Å²) in [5.74, 6) is 1.63. The van der Waals surface area contributed by atoms with Gasteiger partial charge in [0, 0.05) is 36.4 Å². The van der Waals surface area contributed by atoms with Gasteiger partial charge in [0.2, 0.25) is 0 Å². The van der Waals surface area contributed by atoms with Crippen molar-refractivity contribution >= 4 is 16.6 Å². The van der Waals surface area contributed by atoms with Gasteiger partial charge in [0.05, 0.1) is 5.52 Å². The predicted octanol–water partition coefficient (Wildman–Crippen LogP) is 3.73. The lowest BCUT2D eigenvalue weighted by Gasteiger charge is -2.28. The van der Waals surface area contributed by atoms with Gasteiger partial charge in [0.15, 0.2) is 11.5 Å². The largest absolute Gasteiger partial charge is 0.486 e. The summed E-state index contributed by atoms with van der Waals surface area (Å²) in [6.45, 7) is 6.56. The molecule has 0 radical (unpaired) electrons. The fourth-order valence-electron chi connectivity index (χ4n) is 4.27. The minimum atomic E-state index is 0.0157. The average molecular weight is 389 g/mol. The zero-order valence-corrected chi connectivity index (χ0v) is 16.9. The number of pyridine rings is 1. The number of hydrogen-bond acceptors (Lipinski definition) is 5. The summed E-state index contributed by atoms with van der Waals surface area (Å²) in [6.07, 6.45) is 2.30. The first kappa shape index (κ1) is 18.3. The third kappa shape index (κ3) is 3.75. The molecule has 1 N–H and O–H groups in total. The minimum absolute atomic E-state index is 0.0157. The standard InChI is InChI=1S/C24H27N3O2/c1-17-7-8-20-21(26-17)9-10-23-24(20)29-19(16-28-23)15-25-12-4-13-27-14-11-18-5-2-3-6-22(18)27/h2-3,5-10,19,25H,4,11-16H2,1H3/t19-/m0/s1. The van der Waals surface area contributed by atoms with Crippen LogP contribution in [-0.2, 0) is 6.42 Å². The molecule has 29 heavy (non-hydrogen) atoms. The first-order valence-corrected chi connectivity index (χ1v) is 10.5. The minimum Gasteiger partial charge on any atom is -0.486 e. The van der Waals surface area contributed by atoms with E-state index in [0.29, 0.717) is 6.61 Å². The first-order valence-electron chi connectivity index (χ1n) is 10.5. The quantitative estimate of drug-likeness (QED) is 0.651. The Labute approximate surface area is 171 Å². The molecule has 0 saturated heterocycles. The molecule has 0 unspecified atom stereocenters. The molecular formula is C24H27N3O2.